The first-order valence-corrected chi connectivity index (χ1v) is 13.5. The molecule has 7 nitrogen and oxygen atoms in total. The minimum absolute atomic E-state index is 0.111. The van der Waals surface area contributed by atoms with Crippen molar-refractivity contribution >= 4 is 41.0 Å². The van der Waals surface area contributed by atoms with Crippen LogP contribution < -0.4 is 5.32 Å². The van der Waals surface area contributed by atoms with E-state index in [-0.39, 0.29) is 24.5 Å². The lowest BCUT2D eigenvalue weighted by atomic mass is 10.1. The summed E-state index contributed by atoms with van der Waals surface area (Å²) in [7, 11) is 0. The fourth-order valence-electron chi connectivity index (χ4n) is 4.57. The molecule has 0 spiro atoms. The van der Waals surface area contributed by atoms with Gasteiger partial charge >= 0.3 is 0 Å². The second-order valence-electron chi connectivity index (χ2n) is 9.54. The zero-order chi connectivity index (χ0) is 27.4. The number of carbonyl (C=O) groups is 2. The number of ether oxygens (including phenoxy) is 1. The zero-order valence-electron chi connectivity index (χ0n) is 21.4. The van der Waals surface area contributed by atoms with Gasteiger partial charge in [-0.1, -0.05) is 47.5 Å². The van der Waals surface area contributed by atoms with Crippen molar-refractivity contribution in [3.63, 3.8) is 0 Å². The first-order valence-electron chi connectivity index (χ1n) is 12.7. The molecular formula is C30H28Cl2N4O3. The molecule has 3 aromatic carbocycles. The van der Waals surface area contributed by atoms with Gasteiger partial charge in [0, 0.05) is 46.2 Å². The Labute approximate surface area is 237 Å². The molecule has 0 aliphatic carbocycles. The van der Waals surface area contributed by atoms with Crippen molar-refractivity contribution in [2.45, 2.75) is 25.9 Å². The topological polar surface area (TPSA) is 76.5 Å². The quantitative estimate of drug-likeness (QED) is 0.269. The van der Waals surface area contributed by atoms with E-state index < -0.39 is 0 Å². The molecule has 200 valence electrons. The smallest absolute Gasteiger partial charge is 0.254 e. The number of aromatic nitrogens is 2. The molecule has 1 aliphatic heterocycles. The lowest BCUT2D eigenvalue weighted by molar-refractivity contribution is -0.117. The molecule has 2 heterocycles. The van der Waals surface area contributed by atoms with Crippen LogP contribution in [0.25, 0.3) is 16.9 Å². The second kappa shape index (κ2) is 12.0. The minimum atomic E-state index is -0.363. The van der Waals surface area contributed by atoms with Gasteiger partial charge in [-0.2, -0.15) is 0 Å². The van der Waals surface area contributed by atoms with E-state index in [4.69, 9.17) is 32.9 Å². The minimum Gasteiger partial charge on any atom is -0.376 e. The Morgan fingerprint density at radius 3 is 2.44 bits per heavy atom. The van der Waals surface area contributed by atoms with Crippen LogP contribution in [0.15, 0.2) is 79.0 Å². The number of halogens is 2. The molecule has 0 bridgehead atoms. The van der Waals surface area contributed by atoms with Crippen LogP contribution in [0.1, 0.15) is 28.8 Å². The molecule has 1 N–H and O–H groups in total. The monoisotopic (exact) mass is 562 g/mol. The van der Waals surface area contributed by atoms with Crippen LogP contribution in [0.5, 0.6) is 0 Å². The van der Waals surface area contributed by atoms with Crippen molar-refractivity contribution in [3.8, 4) is 16.9 Å². The van der Waals surface area contributed by atoms with Gasteiger partial charge < -0.3 is 9.64 Å². The van der Waals surface area contributed by atoms with Gasteiger partial charge in [0.1, 0.15) is 6.54 Å². The predicted octanol–water partition coefficient (Wildman–Crippen LogP) is 6.41. The van der Waals surface area contributed by atoms with Crippen LogP contribution in [0.3, 0.4) is 0 Å². The van der Waals surface area contributed by atoms with E-state index in [9.17, 15) is 9.59 Å². The summed E-state index contributed by atoms with van der Waals surface area (Å²) in [6, 6.07) is 21.9. The average molecular weight is 563 g/mol. The molecule has 5 rings (SSSR count). The van der Waals surface area contributed by atoms with Crippen molar-refractivity contribution in [2.24, 2.45) is 0 Å². The Hall–Kier alpha value is -3.65. The molecule has 9 heteroatoms. The second-order valence-corrected chi connectivity index (χ2v) is 10.4. The van der Waals surface area contributed by atoms with Crippen LogP contribution in [0.2, 0.25) is 10.0 Å². The van der Waals surface area contributed by atoms with E-state index in [1.165, 1.54) is 4.90 Å². The van der Waals surface area contributed by atoms with Crippen LogP contribution in [0, 0.1) is 6.92 Å². The fraction of sp³-hybridized carbons (Fsp3) is 0.233. The third-order valence-electron chi connectivity index (χ3n) is 6.54. The maximum atomic E-state index is 13.4. The SMILES string of the molecule is Cc1cccc(-n2cc(-c3ccc(Cl)cc3)nc2NC(=O)CN(C[C@H]2CCCO2)C(=O)c2ccc(Cl)cc2)c1. The highest BCUT2D eigenvalue weighted by molar-refractivity contribution is 6.31. The van der Waals surface area contributed by atoms with Gasteiger partial charge in [-0.15, -0.1) is 0 Å². The maximum Gasteiger partial charge on any atom is 0.254 e. The summed E-state index contributed by atoms with van der Waals surface area (Å²) in [5.41, 5.74) is 3.92. The van der Waals surface area contributed by atoms with Crippen LogP contribution in [-0.2, 0) is 9.53 Å². The van der Waals surface area contributed by atoms with E-state index in [0.29, 0.717) is 40.4 Å². The Balaban J connectivity index is 1.41. The molecule has 0 saturated carbocycles. The molecule has 0 radical (unpaired) electrons. The Kier molecular flexibility index (Phi) is 8.31. The van der Waals surface area contributed by atoms with Gasteiger partial charge in [-0.25, -0.2) is 4.98 Å². The number of anilines is 1. The number of hydrogen-bond acceptors (Lipinski definition) is 4. The summed E-state index contributed by atoms with van der Waals surface area (Å²) in [6.45, 7) is 2.82. The Morgan fingerprint density at radius 1 is 1.05 bits per heavy atom. The van der Waals surface area contributed by atoms with Gasteiger partial charge in [0.15, 0.2) is 0 Å². The number of aryl methyl sites for hydroxylation is 1. The number of benzene rings is 3. The summed E-state index contributed by atoms with van der Waals surface area (Å²) >= 11 is 12.1. The molecule has 1 aliphatic rings. The van der Waals surface area contributed by atoms with Crippen molar-refractivity contribution < 1.29 is 14.3 Å². The molecular weight excluding hydrogens is 535 g/mol. The summed E-state index contributed by atoms with van der Waals surface area (Å²) in [6.07, 6.45) is 3.53. The highest BCUT2D eigenvalue weighted by Gasteiger charge is 2.26. The largest absolute Gasteiger partial charge is 0.376 e. The van der Waals surface area contributed by atoms with Gasteiger partial charge in [-0.05, 0) is 73.9 Å². The van der Waals surface area contributed by atoms with Gasteiger partial charge in [0.05, 0.1) is 11.8 Å². The molecule has 1 fully saturated rings. The summed E-state index contributed by atoms with van der Waals surface area (Å²) in [5, 5.41) is 4.10. The number of hydrogen-bond donors (Lipinski definition) is 1. The average Bonchev–Trinajstić information content (AvgIpc) is 3.59. The van der Waals surface area contributed by atoms with E-state index in [1.54, 1.807) is 36.4 Å². The molecule has 2 amide bonds. The van der Waals surface area contributed by atoms with E-state index in [0.717, 1.165) is 29.7 Å². The molecule has 1 atom stereocenters. The van der Waals surface area contributed by atoms with Crippen molar-refractivity contribution in [2.75, 3.05) is 25.0 Å². The predicted molar refractivity (Wildman–Crippen MR) is 154 cm³/mol. The van der Waals surface area contributed by atoms with Crippen LogP contribution in [-0.4, -0.2) is 52.1 Å². The first kappa shape index (κ1) is 26.9. The Morgan fingerprint density at radius 2 is 1.77 bits per heavy atom. The fourth-order valence-corrected chi connectivity index (χ4v) is 4.82. The number of nitrogens with zero attached hydrogens (tertiary/aromatic N) is 3. The third kappa shape index (κ3) is 6.68. The highest BCUT2D eigenvalue weighted by Crippen LogP contribution is 2.26. The molecule has 39 heavy (non-hydrogen) atoms. The lowest BCUT2D eigenvalue weighted by Gasteiger charge is -2.25. The lowest BCUT2D eigenvalue weighted by Crippen LogP contribution is -2.42. The molecule has 1 saturated heterocycles. The summed E-state index contributed by atoms with van der Waals surface area (Å²) < 4.78 is 7.60. The third-order valence-corrected chi connectivity index (χ3v) is 7.04. The number of nitrogens with one attached hydrogen (secondary N) is 1. The van der Waals surface area contributed by atoms with Gasteiger partial charge in [0.2, 0.25) is 11.9 Å². The highest BCUT2D eigenvalue weighted by atomic mass is 35.5. The van der Waals surface area contributed by atoms with E-state index in [2.05, 4.69) is 5.32 Å². The molecule has 1 aromatic heterocycles. The van der Waals surface area contributed by atoms with Gasteiger partial charge in [0.25, 0.3) is 5.91 Å². The maximum absolute atomic E-state index is 13.4. The summed E-state index contributed by atoms with van der Waals surface area (Å²) in [5.74, 6) is -0.273. The van der Waals surface area contributed by atoms with Crippen LogP contribution in [0.4, 0.5) is 5.95 Å². The van der Waals surface area contributed by atoms with Crippen molar-refractivity contribution in [3.05, 3.63) is 100 Å². The Bertz CT molecular complexity index is 1460. The van der Waals surface area contributed by atoms with Crippen molar-refractivity contribution in [1.82, 2.24) is 14.5 Å². The van der Waals surface area contributed by atoms with E-state index in [1.807, 2.05) is 54.1 Å². The first-order chi connectivity index (χ1) is 18.9. The molecule has 0 unspecified atom stereocenters. The van der Waals surface area contributed by atoms with Crippen molar-refractivity contribution in [1.29, 1.82) is 0 Å². The number of rotatable bonds is 8. The zero-order valence-corrected chi connectivity index (χ0v) is 23.0. The summed E-state index contributed by atoms with van der Waals surface area (Å²) in [4.78, 5) is 33.0. The number of imidazole rings is 1. The van der Waals surface area contributed by atoms with E-state index >= 15 is 0 Å². The van der Waals surface area contributed by atoms with Gasteiger partial charge in [-0.3, -0.25) is 19.5 Å². The number of amides is 2. The standard InChI is InChI=1S/C30H28Cl2N4O3/c1-20-4-2-5-25(16-20)36-18-27(21-7-11-23(31)12-8-21)33-30(36)34-28(37)19-35(17-26-6-3-15-39-26)29(38)22-9-13-24(32)14-10-22/h2,4-5,7-14,16,18,26H,3,6,15,17,19H2,1H3,(H,33,34,37)/t26-/m1/s1. The van der Waals surface area contributed by atoms with Crippen LogP contribution >= 0.6 is 23.2 Å². The normalized spacial score (nSPS) is 14.8. The molecule has 4 aromatic rings. The number of carbonyl (C=O) groups excluding carboxylic acids is 2.